The van der Waals surface area contributed by atoms with Gasteiger partial charge >= 0.3 is 0 Å². The van der Waals surface area contributed by atoms with Crippen molar-refractivity contribution in [2.24, 2.45) is 0 Å². The van der Waals surface area contributed by atoms with E-state index in [1.54, 1.807) is 36.4 Å². The smallest absolute Gasteiger partial charge is 0.268 e. The number of aromatic nitrogens is 1. The summed E-state index contributed by atoms with van der Waals surface area (Å²) in [6, 6.07) is 13.8. The number of carbonyl (C=O) groups is 1. The molecule has 0 N–H and O–H groups in total. The first-order valence-corrected chi connectivity index (χ1v) is 9.40. The fraction of sp³-hybridized carbons (Fsp3) is 0.167. The number of ketones is 1. The molecule has 0 amide bonds. The quantitative estimate of drug-likeness (QED) is 0.653. The lowest BCUT2D eigenvalue weighted by atomic mass is 10.1. The van der Waals surface area contributed by atoms with E-state index in [0.29, 0.717) is 11.1 Å². The van der Waals surface area contributed by atoms with Gasteiger partial charge in [-0.05, 0) is 30.7 Å². The van der Waals surface area contributed by atoms with Crippen molar-refractivity contribution in [3.8, 4) is 0 Å². The molecule has 0 saturated carbocycles. The number of carbonyl (C=O) groups excluding carboxylic acids is 1. The lowest BCUT2D eigenvalue weighted by Gasteiger charge is -2.07. The van der Waals surface area contributed by atoms with Crippen LogP contribution in [0.15, 0.2) is 59.6 Å². The second kappa shape index (κ2) is 6.42. The summed E-state index contributed by atoms with van der Waals surface area (Å²) in [6.45, 7) is 1.90. The largest absolute Gasteiger partial charge is 0.298 e. The second-order valence-corrected chi connectivity index (χ2v) is 7.72. The molecule has 3 rings (SSSR count). The zero-order valence-electron chi connectivity index (χ0n) is 13.1. The number of benzene rings is 2. The maximum absolute atomic E-state index is 13.0. The van der Waals surface area contributed by atoms with E-state index in [9.17, 15) is 13.2 Å². The molecule has 2 aromatic carbocycles. The number of aryl methyl sites for hydroxylation is 1. The standard InChI is InChI=1S/C18H16ClNO3S/c1-13-6-8-16(9-7-13)24(22,23)20-12-14(10-15(21)11-19)17-4-2-3-5-18(17)20/h2-9,12H,10-11H2,1H3. The van der Waals surface area contributed by atoms with Gasteiger partial charge in [-0.2, -0.15) is 0 Å². The van der Waals surface area contributed by atoms with Gasteiger partial charge in [0.05, 0.1) is 16.3 Å². The summed E-state index contributed by atoms with van der Waals surface area (Å²) in [5, 5.41) is 0.742. The Morgan fingerprint density at radius 2 is 1.75 bits per heavy atom. The number of para-hydroxylation sites is 1. The predicted molar refractivity (Wildman–Crippen MR) is 95.1 cm³/mol. The molecule has 6 heteroatoms. The van der Waals surface area contributed by atoms with Crippen molar-refractivity contribution in [1.82, 2.24) is 3.97 Å². The molecule has 1 heterocycles. The van der Waals surface area contributed by atoms with Crippen LogP contribution in [0.4, 0.5) is 0 Å². The fourth-order valence-electron chi connectivity index (χ4n) is 2.64. The zero-order chi connectivity index (χ0) is 17.3. The molecule has 3 aromatic rings. The molecule has 0 spiro atoms. The maximum Gasteiger partial charge on any atom is 0.268 e. The van der Waals surface area contributed by atoms with Crippen LogP contribution in [0.25, 0.3) is 10.9 Å². The van der Waals surface area contributed by atoms with Crippen LogP contribution < -0.4 is 0 Å². The lowest BCUT2D eigenvalue weighted by Crippen LogP contribution is -2.12. The molecular formula is C18H16ClNO3S. The van der Waals surface area contributed by atoms with E-state index >= 15 is 0 Å². The van der Waals surface area contributed by atoms with E-state index in [2.05, 4.69) is 0 Å². The van der Waals surface area contributed by atoms with Gasteiger partial charge < -0.3 is 0 Å². The van der Waals surface area contributed by atoms with Crippen molar-refractivity contribution in [2.45, 2.75) is 18.2 Å². The van der Waals surface area contributed by atoms with Crippen molar-refractivity contribution >= 4 is 38.3 Å². The third-order valence-corrected chi connectivity index (χ3v) is 5.86. The van der Waals surface area contributed by atoms with E-state index in [1.165, 1.54) is 10.2 Å². The average Bonchev–Trinajstić information content (AvgIpc) is 2.95. The monoisotopic (exact) mass is 361 g/mol. The Morgan fingerprint density at radius 1 is 1.08 bits per heavy atom. The molecule has 4 nitrogen and oxygen atoms in total. The highest BCUT2D eigenvalue weighted by molar-refractivity contribution is 7.90. The molecule has 0 fully saturated rings. The highest BCUT2D eigenvalue weighted by Crippen LogP contribution is 2.26. The molecule has 124 valence electrons. The van der Waals surface area contributed by atoms with Crippen LogP contribution in [0.5, 0.6) is 0 Å². The molecule has 0 radical (unpaired) electrons. The maximum atomic E-state index is 13.0. The molecule has 0 aliphatic rings. The summed E-state index contributed by atoms with van der Waals surface area (Å²) in [4.78, 5) is 11.9. The highest BCUT2D eigenvalue weighted by Gasteiger charge is 2.21. The SMILES string of the molecule is Cc1ccc(S(=O)(=O)n2cc(CC(=O)CCl)c3ccccc32)cc1. The number of fused-ring (bicyclic) bond motifs is 1. The molecule has 0 saturated heterocycles. The molecular weight excluding hydrogens is 346 g/mol. The minimum atomic E-state index is -3.73. The van der Waals surface area contributed by atoms with Crippen molar-refractivity contribution in [3.05, 3.63) is 65.9 Å². The van der Waals surface area contributed by atoms with Crippen molar-refractivity contribution in [2.75, 3.05) is 5.88 Å². The summed E-state index contributed by atoms with van der Waals surface area (Å²) in [6.07, 6.45) is 1.63. The van der Waals surface area contributed by atoms with Gasteiger partial charge in [0.15, 0.2) is 5.78 Å². The summed E-state index contributed by atoms with van der Waals surface area (Å²) in [5.41, 5.74) is 2.20. The summed E-state index contributed by atoms with van der Waals surface area (Å²) in [7, 11) is -3.73. The van der Waals surface area contributed by atoms with Crippen LogP contribution in [-0.2, 0) is 21.2 Å². The summed E-state index contributed by atoms with van der Waals surface area (Å²) >= 11 is 5.59. The Kier molecular flexibility index (Phi) is 4.47. The van der Waals surface area contributed by atoms with Gasteiger partial charge in [-0.15, -0.1) is 11.6 Å². The van der Waals surface area contributed by atoms with Crippen LogP contribution in [0, 0.1) is 6.92 Å². The van der Waals surface area contributed by atoms with Crippen molar-refractivity contribution < 1.29 is 13.2 Å². The predicted octanol–water partition coefficient (Wildman–Crippen LogP) is 3.54. The number of alkyl halides is 1. The van der Waals surface area contributed by atoms with Gasteiger partial charge in [-0.3, -0.25) is 4.79 Å². The molecule has 0 bridgehead atoms. The van der Waals surface area contributed by atoms with E-state index < -0.39 is 10.0 Å². The van der Waals surface area contributed by atoms with E-state index in [1.807, 2.05) is 19.1 Å². The van der Waals surface area contributed by atoms with Gasteiger partial charge in [0.1, 0.15) is 0 Å². The number of hydrogen-bond donors (Lipinski definition) is 0. The fourth-order valence-corrected chi connectivity index (χ4v) is 4.13. The van der Waals surface area contributed by atoms with Crippen LogP contribution in [-0.4, -0.2) is 24.1 Å². The van der Waals surface area contributed by atoms with Gasteiger partial charge in [0.25, 0.3) is 10.0 Å². The number of Topliss-reactive ketones (excluding diaryl/α,β-unsaturated/α-hetero) is 1. The molecule has 0 aliphatic heterocycles. The van der Waals surface area contributed by atoms with Gasteiger partial charge in [-0.25, -0.2) is 12.4 Å². The first kappa shape index (κ1) is 16.7. The Bertz CT molecular complexity index is 1000. The van der Waals surface area contributed by atoms with E-state index in [-0.39, 0.29) is 23.0 Å². The zero-order valence-corrected chi connectivity index (χ0v) is 14.6. The molecule has 0 aliphatic carbocycles. The Morgan fingerprint density at radius 3 is 2.42 bits per heavy atom. The summed E-state index contributed by atoms with van der Waals surface area (Å²) in [5.74, 6) is -0.239. The first-order chi connectivity index (χ1) is 11.4. The van der Waals surface area contributed by atoms with E-state index in [0.717, 1.165) is 10.9 Å². The van der Waals surface area contributed by atoms with Crippen LogP contribution >= 0.6 is 11.6 Å². The Balaban J connectivity index is 2.19. The second-order valence-electron chi connectivity index (χ2n) is 5.63. The third kappa shape index (κ3) is 2.97. The van der Waals surface area contributed by atoms with Gasteiger partial charge in [-0.1, -0.05) is 35.9 Å². The van der Waals surface area contributed by atoms with E-state index in [4.69, 9.17) is 11.6 Å². The molecule has 0 atom stereocenters. The van der Waals surface area contributed by atoms with Gasteiger partial charge in [0, 0.05) is 18.0 Å². The van der Waals surface area contributed by atoms with Crippen molar-refractivity contribution in [1.29, 1.82) is 0 Å². The Labute approximate surface area is 145 Å². The number of nitrogens with zero attached hydrogens (tertiary/aromatic N) is 1. The van der Waals surface area contributed by atoms with Crippen LogP contribution in [0.2, 0.25) is 0 Å². The highest BCUT2D eigenvalue weighted by atomic mass is 35.5. The summed E-state index contributed by atoms with van der Waals surface area (Å²) < 4.78 is 27.2. The minimum Gasteiger partial charge on any atom is -0.298 e. The topological polar surface area (TPSA) is 56.1 Å². The van der Waals surface area contributed by atoms with Crippen molar-refractivity contribution in [3.63, 3.8) is 0 Å². The first-order valence-electron chi connectivity index (χ1n) is 7.42. The van der Waals surface area contributed by atoms with Crippen LogP contribution in [0.3, 0.4) is 0 Å². The molecule has 1 aromatic heterocycles. The normalized spacial score (nSPS) is 11.8. The number of hydrogen-bond acceptors (Lipinski definition) is 3. The average molecular weight is 362 g/mol. The molecule has 24 heavy (non-hydrogen) atoms. The van der Waals surface area contributed by atoms with Gasteiger partial charge in [0.2, 0.25) is 0 Å². The number of halogens is 1. The van der Waals surface area contributed by atoms with Crippen LogP contribution in [0.1, 0.15) is 11.1 Å². The Hall–Kier alpha value is -2.11. The third-order valence-electron chi connectivity index (χ3n) is 3.87. The molecule has 0 unspecified atom stereocenters. The number of rotatable bonds is 5. The lowest BCUT2D eigenvalue weighted by molar-refractivity contribution is -0.116. The minimum absolute atomic E-state index is 0.0930.